The number of hydrogen-bond acceptors (Lipinski definition) is 3. The van der Waals surface area contributed by atoms with Gasteiger partial charge in [-0.2, -0.15) is 0 Å². The summed E-state index contributed by atoms with van der Waals surface area (Å²) in [7, 11) is 3.37. The molecule has 0 saturated heterocycles. The minimum Gasteiger partial charge on any atom is -0.444 e. The number of carbonyl (C=O) groups is 2. The summed E-state index contributed by atoms with van der Waals surface area (Å²) in [5.74, 6) is -0.0245. The molecule has 1 atom stereocenters. The minimum atomic E-state index is -0.518. The molecule has 1 N–H and O–H groups in total. The topological polar surface area (TPSA) is 58.6 Å². The quantitative estimate of drug-likeness (QED) is 0.796. The fourth-order valence-corrected chi connectivity index (χ4v) is 1.00. The maximum absolute atomic E-state index is 11.4. The number of rotatable bonds is 3. The van der Waals surface area contributed by atoms with Gasteiger partial charge in [0.2, 0.25) is 5.91 Å². The summed E-state index contributed by atoms with van der Waals surface area (Å²) in [6.45, 7) is 7.15. The van der Waals surface area contributed by atoms with Crippen molar-refractivity contribution >= 4 is 12.0 Å². The summed E-state index contributed by atoms with van der Waals surface area (Å²) in [6.07, 6.45) is -0.224. The Morgan fingerprint density at radius 3 is 2.19 bits per heavy atom. The molecule has 0 aromatic heterocycles. The summed E-state index contributed by atoms with van der Waals surface area (Å²) < 4.78 is 5.08. The zero-order valence-corrected chi connectivity index (χ0v) is 11.0. The number of nitrogens with one attached hydrogen (secondary N) is 1. The van der Waals surface area contributed by atoms with E-state index in [1.54, 1.807) is 41.8 Å². The van der Waals surface area contributed by atoms with Gasteiger partial charge in [-0.05, 0) is 27.7 Å². The second kappa shape index (κ2) is 5.72. The van der Waals surface area contributed by atoms with Crippen molar-refractivity contribution in [3.8, 4) is 0 Å². The number of alkyl carbamates (subject to hydrolysis) is 1. The van der Waals surface area contributed by atoms with E-state index in [0.717, 1.165) is 0 Å². The molecule has 16 heavy (non-hydrogen) atoms. The molecule has 2 amide bonds. The van der Waals surface area contributed by atoms with Crippen LogP contribution in [0.2, 0.25) is 0 Å². The predicted octanol–water partition coefficient (Wildman–Crippen LogP) is 1.38. The van der Waals surface area contributed by atoms with Crippen molar-refractivity contribution in [2.45, 2.75) is 45.8 Å². The van der Waals surface area contributed by atoms with Crippen molar-refractivity contribution in [3.05, 3.63) is 0 Å². The standard InChI is InChI=1S/C11H22N2O3/c1-8(7-9(14)13(5)6)12-10(15)16-11(2,3)4/h8H,7H2,1-6H3,(H,12,15). The summed E-state index contributed by atoms with van der Waals surface area (Å²) >= 11 is 0. The van der Waals surface area contributed by atoms with Crippen molar-refractivity contribution in [1.82, 2.24) is 10.2 Å². The molecule has 0 aliphatic carbocycles. The molecule has 0 aromatic carbocycles. The summed E-state index contributed by atoms with van der Waals surface area (Å²) in [5.41, 5.74) is -0.518. The Kier molecular flexibility index (Phi) is 5.27. The highest BCUT2D eigenvalue weighted by Crippen LogP contribution is 2.07. The number of carbonyl (C=O) groups excluding carboxylic acids is 2. The van der Waals surface area contributed by atoms with Crippen molar-refractivity contribution in [3.63, 3.8) is 0 Å². The monoisotopic (exact) mass is 230 g/mol. The first-order valence-electron chi connectivity index (χ1n) is 5.31. The van der Waals surface area contributed by atoms with Crippen LogP contribution in [0.3, 0.4) is 0 Å². The van der Waals surface area contributed by atoms with Gasteiger partial charge in [0.1, 0.15) is 5.60 Å². The van der Waals surface area contributed by atoms with Gasteiger partial charge in [0.15, 0.2) is 0 Å². The highest BCUT2D eigenvalue weighted by Gasteiger charge is 2.19. The van der Waals surface area contributed by atoms with E-state index < -0.39 is 11.7 Å². The molecular weight excluding hydrogens is 208 g/mol. The second-order valence-corrected chi connectivity index (χ2v) is 5.04. The lowest BCUT2D eigenvalue weighted by molar-refractivity contribution is -0.129. The van der Waals surface area contributed by atoms with Gasteiger partial charge in [-0.1, -0.05) is 0 Å². The van der Waals surface area contributed by atoms with Crippen LogP contribution in [0.15, 0.2) is 0 Å². The highest BCUT2D eigenvalue weighted by atomic mass is 16.6. The first-order valence-corrected chi connectivity index (χ1v) is 5.31. The predicted molar refractivity (Wildman–Crippen MR) is 62.1 cm³/mol. The molecule has 0 aliphatic rings. The van der Waals surface area contributed by atoms with Crippen molar-refractivity contribution in [2.75, 3.05) is 14.1 Å². The number of ether oxygens (including phenoxy) is 1. The fourth-order valence-electron chi connectivity index (χ4n) is 1.00. The summed E-state index contributed by atoms with van der Waals surface area (Å²) in [4.78, 5) is 24.2. The first kappa shape index (κ1) is 14.7. The van der Waals surface area contributed by atoms with Crippen LogP contribution in [0.4, 0.5) is 4.79 Å². The van der Waals surface area contributed by atoms with Gasteiger partial charge in [-0.25, -0.2) is 4.79 Å². The second-order valence-electron chi connectivity index (χ2n) is 5.04. The molecule has 0 saturated carbocycles. The number of amides is 2. The lowest BCUT2D eigenvalue weighted by atomic mass is 10.2. The van der Waals surface area contributed by atoms with Crippen LogP contribution in [-0.4, -0.2) is 42.6 Å². The molecule has 0 bridgehead atoms. The average molecular weight is 230 g/mol. The molecule has 0 spiro atoms. The molecule has 0 rings (SSSR count). The van der Waals surface area contributed by atoms with Crippen LogP contribution in [0, 0.1) is 0 Å². The molecule has 1 unspecified atom stereocenters. The third-order valence-electron chi connectivity index (χ3n) is 1.74. The van der Waals surface area contributed by atoms with Gasteiger partial charge in [-0.15, -0.1) is 0 Å². The van der Waals surface area contributed by atoms with Gasteiger partial charge in [0.05, 0.1) is 0 Å². The zero-order chi connectivity index (χ0) is 12.9. The number of nitrogens with zero attached hydrogens (tertiary/aromatic N) is 1. The molecule has 0 heterocycles. The van der Waals surface area contributed by atoms with Crippen LogP contribution in [0.1, 0.15) is 34.1 Å². The molecule has 0 aromatic rings. The Bertz CT molecular complexity index is 256. The molecule has 5 heteroatoms. The first-order chi connectivity index (χ1) is 7.11. The normalized spacial score (nSPS) is 12.9. The molecule has 0 fully saturated rings. The van der Waals surface area contributed by atoms with E-state index in [0.29, 0.717) is 0 Å². The third kappa shape index (κ3) is 7.09. The molecule has 94 valence electrons. The van der Waals surface area contributed by atoms with Crippen LogP contribution >= 0.6 is 0 Å². The average Bonchev–Trinajstić information content (AvgIpc) is 1.98. The molecule has 0 radical (unpaired) electrons. The Hall–Kier alpha value is -1.26. The smallest absolute Gasteiger partial charge is 0.407 e. The fraction of sp³-hybridized carbons (Fsp3) is 0.818. The van der Waals surface area contributed by atoms with Crippen molar-refractivity contribution in [1.29, 1.82) is 0 Å². The van der Waals surface area contributed by atoms with Gasteiger partial charge in [0.25, 0.3) is 0 Å². The summed E-state index contributed by atoms with van der Waals surface area (Å²) in [5, 5.41) is 2.61. The maximum atomic E-state index is 11.4. The van der Waals surface area contributed by atoms with Crippen molar-refractivity contribution in [2.24, 2.45) is 0 Å². The third-order valence-corrected chi connectivity index (χ3v) is 1.74. The zero-order valence-electron chi connectivity index (χ0n) is 11.0. The Morgan fingerprint density at radius 1 is 1.31 bits per heavy atom. The Labute approximate surface area is 97.1 Å². The SMILES string of the molecule is CC(CC(=O)N(C)C)NC(=O)OC(C)(C)C. The Morgan fingerprint density at radius 2 is 1.81 bits per heavy atom. The Balaban J connectivity index is 4.01. The summed E-state index contributed by atoms with van der Waals surface area (Å²) in [6, 6.07) is -0.232. The largest absolute Gasteiger partial charge is 0.444 e. The lowest BCUT2D eigenvalue weighted by Crippen LogP contribution is -2.40. The molecular formula is C11H22N2O3. The van der Waals surface area contributed by atoms with E-state index in [1.807, 2.05) is 0 Å². The van der Waals surface area contributed by atoms with Gasteiger partial charge < -0.3 is 15.0 Å². The van der Waals surface area contributed by atoms with E-state index in [9.17, 15) is 9.59 Å². The minimum absolute atomic E-state index is 0.0245. The van der Waals surface area contributed by atoms with E-state index in [2.05, 4.69) is 5.32 Å². The van der Waals surface area contributed by atoms with E-state index in [1.165, 1.54) is 4.90 Å². The van der Waals surface area contributed by atoms with Gasteiger partial charge in [-0.3, -0.25) is 4.79 Å². The van der Waals surface area contributed by atoms with Crippen LogP contribution in [0.25, 0.3) is 0 Å². The number of hydrogen-bond donors (Lipinski definition) is 1. The van der Waals surface area contributed by atoms with Crippen molar-refractivity contribution < 1.29 is 14.3 Å². The van der Waals surface area contributed by atoms with E-state index >= 15 is 0 Å². The van der Waals surface area contributed by atoms with Crippen LogP contribution < -0.4 is 5.32 Å². The van der Waals surface area contributed by atoms with Crippen LogP contribution in [-0.2, 0) is 9.53 Å². The van der Waals surface area contributed by atoms with Gasteiger partial charge >= 0.3 is 6.09 Å². The van der Waals surface area contributed by atoms with Crippen LogP contribution in [0.5, 0.6) is 0 Å². The molecule has 5 nitrogen and oxygen atoms in total. The van der Waals surface area contributed by atoms with Gasteiger partial charge in [0, 0.05) is 26.6 Å². The molecule has 0 aliphatic heterocycles. The highest BCUT2D eigenvalue weighted by molar-refractivity contribution is 5.77. The lowest BCUT2D eigenvalue weighted by Gasteiger charge is -2.22. The maximum Gasteiger partial charge on any atom is 0.407 e. The van der Waals surface area contributed by atoms with E-state index in [4.69, 9.17) is 4.74 Å². The van der Waals surface area contributed by atoms with E-state index in [-0.39, 0.29) is 18.4 Å².